The first-order valence-corrected chi connectivity index (χ1v) is 9.06. The van der Waals surface area contributed by atoms with E-state index in [0.717, 1.165) is 44.3 Å². The second kappa shape index (κ2) is 6.09. The van der Waals surface area contributed by atoms with Gasteiger partial charge in [0.05, 0.1) is 28.8 Å². The summed E-state index contributed by atoms with van der Waals surface area (Å²) < 4.78 is 1.99. The van der Waals surface area contributed by atoms with Crippen LogP contribution in [-0.2, 0) is 0 Å². The summed E-state index contributed by atoms with van der Waals surface area (Å²) in [5.74, 6) is -0.450. The number of hydrogen-bond donors (Lipinski definition) is 2. The smallest absolute Gasteiger partial charge is 0.250 e. The molecule has 28 heavy (non-hydrogen) atoms. The van der Waals surface area contributed by atoms with Crippen molar-refractivity contribution in [1.29, 1.82) is 0 Å². The molecule has 0 saturated carbocycles. The highest BCUT2D eigenvalue weighted by Crippen LogP contribution is 2.35. The first-order chi connectivity index (χ1) is 13.6. The molecule has 0 aliphatic carbocycles. The molecular weight excluding hydrogens is 348 g/mol. The number of hydrogen-bond acceptors (Lipinski definition) is 2. The van der Waals surface area contributed by atoms with Crippen molar-refractivity contribution in [2.24, 2.45) is 5.73 Å². The van der Waals surface area contributed by atoms with E-state index < -0.39 is 5.91 Å². The summed E-state index contributed by atoms with van der Waals surface area (Å²) in [6.45, 7) is 1.96. The third-order valence-corrected chi connectivity index (χ3v) is 5.09. The SMILES string of the molecule is Cc1cn(-c2ccccc2-c2cc(C(N)=O)c3[nH]c4ccccc4c3c2)cn1. The Bertz CT molecular complexity index is 1360. The van der Waals surface area contributed by atoms with Crippen LogP contribution in [0.3, 0.4) is 0 Å². The normalized spacial score (nSPS) is 11.3. The Morgan fingerprint density at radius 2 is 1.82 bits per heavy atom. The molecule has 136 valence electrons. The average molecular weight is 366 g/mol. The summed E-state index contributed by atoms with van der Waals surface area (Å²) in [7, 11) is 0. The molecule has 5 aromatic rings. The molecule has 0 radical (unpaired) electrons. The van der Waals surface area contributed by atoms with Gasteiger partial charge in [0, 0.05) is 28.0 Å². The maximum atomic E-state index is 12.2. The molecule has 2 aromatic heterocycles. The van der Waals surface area contributed by atoms with Gasteiger partial charge in [0.15, 0.2) is 0 Å². The zero-order valence-corrected chi connectivity index (χ0v) is 15.3. The summed E-state index contributed by atoms with van der Waals surface area (Å²) in [5, 5.41) is 2.05. The van der Waals surface area contributed by atoms with Crippen LogP contribution in [0.25, 0.3) is 38.6 Å². The number of H-pyrrole nitrogens is 1. The van der Waals surface area contributed by atoms with Crippen LogP contribution in [0.2, 0.25) is 0 Å². The number of aromatic nitrogens is 3. The molecule has 3 aromatic carbocycles. The van der Waals surface area contributed by atoms with E-state index in [2.05, 4.69) is 16.0 Å². The Labute approximate surface area is 161 Å². The highest BCUT2D eigenvalue weighted by atomic mass is 16.1. The van der Waals surface area contributed by atoms with Crippen LogP contribution < -0.4 is 5.73 Å². The van der Waals surface area contributed by atoms with E-state index in [0.29, 0.717) is 5.56 Å². The van der Waals surface area contributed by atoms with E-state index in [1.165, 1.54) is 0 Å². The van der Waals surface area contributed by atoms with Crippen LogP contribution in [0.5, 0.6) is 0 Å². The first-order valence-electron chi connectivity index (χ1n) is 9.06. The van der Waals surface area contributed by atoms with Crippen molar-refractivity contribution in [3.63, 3.8) is 0 Å². The second-order valence-corrected chi connectivity index (χ2v) is 6.92. The van der Waals surface area contributed by atoms with Crippen LogP contribution in [-0.4, -0.2) is 20.4 Å². The summed E-state index contributed by atoms with van der Waals surface area (Å²) >= 11 is 0. The molecular formula is C23H18N4O. The molecule has 5 nitrogen and oxygen atoms in total. The molecule has 3 N–H and O–H groups in total. The number of primary amides is 1. The standard InChI is InChI=1S/C23H18N4O/c1-14-12-27(13-25-14)21-9-5-3-6-16(21)15-10-18-17-7-2-4-8-20(17)26-22(18)19(11-15)23(24)28/h2-13,26H,1H3,(H2,24,28). The summed E-state index contributed by atoms with van der Waals surface area (Å²) in [4.78, 5) is 19.9. The lowest BCUT2D eigenvalue weighted by molar-refractivity contribution is 0.100. The average Bonchev–Trinajstić information content (AvgIpc) is 3.30. The van der Waals surface area contributed by atoms with Crippen molar-refractivity contribution < 1.29 is 4.79 Å². The Balaban J connectivity index is 1.83. The lowest BCUT2D eigenvalue weighted by Crippen LogP contribution is -2.11. The van der Waals surface area contributed by atoms with Crippen LogP contribution in [0.1, 0.15) is 16.1 Å². The van der Waals surface area contributed by atoms with Gasteiger partial charge < -0.3 is 15.3 Å². The summed E-state index contributed by atoms with van der Waals surface area (Å²) in [6.07, 6.45) is 3.78. The fourth-order valence-corrected chi connectivity index (χ4v) is 3.80. The number of carbonyl (C=O) groups excluding carboxylic acids is 1. The minimum Gasteiger partial charge on any atom is -0.366 e. The summed E-state index contributed by atoms with van der Waals surface area (Å²) in [5.41, 5.74) is 11.9. The molecule has 0 aliphatic rings. The number of amides is 1. The molecule has 0 atom stereocenters. The number of para-hydroxylation sites is 2. The molecule has 1 amide bonds. The van der Waals surface area contributed by atoms with Crippen molar-refractivity contribution in [3.8, 4) is 16.8 Å². The van der Waals surface area contributed by atoms with Gasteiger partial charge in [-0.2, -0.15) is 0 Å². The Kier molecular flexibility index (Phi) is 3.55. The second-order valence-electron chi connectivity index (χ2n) is 6.92. The van der Waals surface area contributed by atoms with Gasteiger partial charge in [-0.25, -0.2) is 4.98 Å². The van der Waals surface area contributed by atoms with Crippen LogP contribution in [0.4, 0.5) is 0 Å². The van der Waals surface area contributed by atoms with Gasteiger partial charge in [0.1, 0.15) is 0 Å². The Morgan fingerprint density at radius 1 is 1.04 bits per heavy atom. The van der Waals surface area contributed by atoms with E-state index in [-0.39, 0.29) is 0 Å². The van der Waals surface area contributed by atoms with Crippen molar-refractivity contribution in [2.45, 2.75) is 6.92 Å². The maximum Gasteiger partial charge on any atom is 0.250 e. The zero-order valence-electron chi connectivity index (χ0n) is 15.3. The van der Waals surface area contributed by atoms with Gasteiger partial charge in [0.25, 0.3) is 5.91 Å². The van der Waals surface area contributed by atoms with Crippen LogP contribution >= 0.6 is 0 Å². The lowest BCUT2D eigenvalue weighted by Gasteiger charge is -2.12. The molecule has 0 spiro atoms. The quantitative estimate of drug-likeness (QED) is 0.490. The highest BCUT2D eigenvalue weighted by molar-refractivity contribution is 6.16. The van der Waals surface area contributed by atoms with Gasteiger partial charge in [-0.1, -0.05) is 36.4 Å². The minimum atomic E-state index is -0.450. The number of carbonyl (C=O) groups is 1. The number of aromatic amines is 1. The number of aryl methyl sites for hydroxylation is 1. The van der Waals surface area contributed by atoms with Crippen molar-refractivity contribution >= 4 is 27.7 Å². The van der Waals surface area contributed by atoms with Gasteiger partial charge in [-0.05, 0) is 36.8 Å². The Morgan fingerprint density at radius 3 is 2.61 bits per heavy atom. The summed E-state index contributed by atoms with van der Waals surface area (Å²) in [6, 6.07) is 20.1. The number of nitrogens with one attached hydrogen (secondary N) is 1. The number of nitrogens with two attached hydrogens (primary N) is 1. The van der Waals surface area contributed by atoms with E-state index in [9.17, 15) is 4.79 Å². The zero-order chi connectivity index (χ0) is 19.3. The van der Waals surface area contributed by atoms with Gasteiger partial charge >= 0.3 is 0 Å². The molecule has 0 aliphatic heterocycles. The van der Waals surface area contributed by atoms with Gasteiger partial charge in [-0.15, -0.1) is 0 Å². The van der Waals surface area contributed by atoms with Crippen LogP contribution in [0.15, 0.2) is 73.2 Å². The predicted molar refractivity (Wildman–Crippen MR) is 112 cm³/mol. The maximum absolute atomic E-state index is 12.2. The third kappa shape index (κ3) is 2.48. The van der Waals surface area contributed by atoms with Crippen molar-refractivity contribution in [1.82, 2.24) is 14.5 Å². The molecule has 0 saturated heterocycles. The number of rotatable bonds is 3. The molecule has 2 heterocycles. The van der Waals surface area contributed by atoms with E-state index >= 15 is 0 Å². The molecule has 5 heteroatoms. The molecule has 0 bridgehead atoms. The van der Waals surface area contributed by atoms with Gasteiger partial charge in [0.2, 0.25) is 0 Å². The van der Waals surface area contributed by atoms with Crippen molar-refractivity contribution in [3.05, 3.63) is 84.4 Å². The van der Waals surface area contributed by atoms with Crippen LogP contribution in [0, 0.1) is 6.92 Å². The highest BCUT2D eigenvalue weighted by Gasteiger charge is 2.16. The molecule has 5 rings (SSSR count). The van der Waals surface area contributed by atoms with E-state index in [1.807, 2.05) is 72.3 Å². The fourth-order valence-electron chi connectivity index (χ4n) is 3.80. The topological polar surface area (TPSA) is 76.7 Å². The first kappa shape index (κ1) is 16.3. The monoisotopic (exact) mass is 366 g/mol. The molecule has 0 unspecified atom stereocenters. The van der Waals surface area contributed by atoms with E-state index in [1.54, 1.807) is 6.33 Å². The lowest BCUT2D eigenvalue weighted by atomic mass is 9.97. The predicted octanol–water partition coefficient (Wildman–Crippen LogP) is 4.58. The van der Waals surface area contributed by atoms with E-state index in [4.69, 9.17) is 5.73 Å². The number of fused-ring (bicyclic) bond motifs is 3. The fraction of sp³-hybridized carbons (Fsp3) is 0.0435. The number of benzene rings is 3. The largest absolute Gasteiger partial charge is 0.366 e. The minimum absolute atomic E-state index is 0.450. The number of nitrogens with zero attached hydrogens (tertiary/aromatic N) is 2. The molecule has 0 fully saturated rings. The van der Waals surface area contributed by atoms with Gasteiger partial charge in [-0.3, -0.25) is 4.79 Å². The number of imidazole rings is 1. The Hall–Kier alpha value is -3.86. The third-order valence-electron chi connectivity index (χ3n) is 5.09. The van der Waals surface area contributed by atoms with Crippen molar-refractivity contribution in [2.75, 3.05) is 0 Å².